The minimum Gasteiger partial charge on any atom is -0.274 e. The second-order valence-corrected chi connectivity index (χ2v) is 3.11. The molecule has 0 aromatic carbocycles. The van der Waals surface area contributed by atoms with Gasteiger partial charge in [-0.3, -0.25) is 9.78 Å². The number of hydrogen-bond acceptors (Lipinski definition) is 3. The average molecular weight is 231 g/mol. The zero-order valence-corrected chi connectivity index (χ0v) is 8.35. The number of pyridine rings is 1. The Balaban J connectivity index is 3.56. The smallest absolute Gasteiger partial charge is 0.272 e. The zero-order valence-electron chi connectivity index (χ0n) is 7.59. The largest absolute Gasteiger partial charge is 0.274 e. The zero-order chi connectivity index (χ0) is 11.6. The molecule has 0 N–H and O–H groups in total. The highest BCUT2D eigenvalue weighted by molar-refractivity contribution is 6.67. The molecule has 0 atom stereocenters. The Morgan fingerprint density at radius 2 is 2.27 bits per heavy atom. The van der Waals surface area contributed by atoms with Crippen molar-refractivity contribution >= 4 is 16.8 Å². The van der Waals surface area contributed by atoms with Gasteiger partial charge < -0.3 is 0 Å². The van der Waals surface area contributed by atoms with Crippen LogP contribution in [0.2, 0.25) is 0 Å². The van der Waals surface area contributed by atoms with Crippen molar-refractivity contribution in [1.29, 1.82) is 5.26 Å². The van der Waals surface area contributed by atoms with Crippen LogP contribution in [0.5, 0.6) is 0 Å². The molecule has 0 saturated heterocycles. The van der Waals surface area contributed by atoms with E-state index in [0.29, 0.717) is 0 Å². The Labute approximate surface area is 89.3 Å². The van der Waals surface area contributed by atoms with Gasteiger partial charge in [-0.15, -0.1) is 0 Å². The summed E-state index contributed by atoms with van der Waals surface area (Å²) in [6.45, 7) is 1.39. The summed E-state index contributed by atoms with van der Waals surface area (Å²) in [6.07, 6.45) is -1.74. The van der Waals surface area contributed by atoms with Gasteiger partial charge in [0.25, 0.3) is 11.7 Å². The summed E-state index contributed by atoms with van der Waals surface area (Å²) in [4.78, 5) is 14.4. The maximum absolute atomic E-state index is 12.6. The Kier molecular flexibility index (Phi) is 3.32. The van der Waals surface area contributed by atoms with Crippen molar-refractivity contribution in [3.8, 4) is 6.07 Å². The fourth-order valence-corrected chi connectivity index (χ4v) is 1.31. The summed E-state index contributed by atoms with van der Waals surface area (Å²) in [5.74, 6) is 0. The molecular weight excluding hydrogens is 226 g/mol. The van der Waals surface area contributed by atoms with Crippen LogP contribution in [0.25, 0.3) is 0 Å². The number of aromatic nitrogens is 1. The minimum atomic E-state index is -2.84. The first-order valence-electron chi connectivity index (χ1n) is 3.86. The molecule has 0 aliphatic carbocycles. The molecule has 0 fully saturated rings. The van der Waals surface area contributed by atoms with E-state index in [9.17, 15) is 13.6 Å². The number of nitriles is 1. The summed E-state index contributed by atoms with van der Waals surface area (Å²) in [6, 6.07) is 1.52. The SMILES string of the molecule is Cc1cnc(C(=O)Cl)c(C#N)c1C(F)F. The van der Waals surface area contributed by atoms with Gasteiger partial charge in [0.1, 0.15) is 11.8 Å². The first-order valence-corrected chi connectivity index (χ1v) is 4.24. The second kappa shape index (κ2) is 4.32. The number of alkyl halides is 2. The third-order valence-corrected chi connectivity index (χ3v) is 2.01. The van der Waals surface area contributed by atoms with E-state index in [1.54, 1.807) is 0 Å². The van der Waals surface area contributed by atoms with Crippen LogP contribution in [-0.2, 0) is 0 Å². The highest BCUT2D eigenvalue weighted by Crippen LogP contribution is 2.27. The van der Waals surface area contributed by atoms with E-state index in [1.807, 2.05) is 0 Å². The first-order chi connectivity index (χ1) is 6.99. The van der Waals surface area contributed by atoms with Gasteiger partial charge in [0.2, 0.25) is 0 Å². The molecule has 3 nitrogen and oxygen atoms in total. The van der Waals surface area contributed by atoms with Crippen molar-refractivity contribution in [2.24, 2.45) is 0 Å². The summed E-state index contributed by atoms with van der Waals surface area (Å²) >= 11 is 5.12. The van der Waals surface area contributed by atoms with E-state index in [4.69, 9.17) is 16.9 Å². The van der Waals surface area contributed by atoms with Crippen LogP contribution < -0.4 is 0 Å². The van der Waals surface area contributed by atoms with Crippen LogP contribution in [0.15, 0.2) is 6.20 Å². The maximum Gasteiger partial charge on any atom is 0.272 e. The lowest BCUT2D eigenvalue weighted by Gasteiger charge is -2.08. The molecule has 1 heterocycles. The minimum absolute atomic E-state index is 0.156. The van der Waals surface area contributed by atoms with Crippen molar-refractivity contribution < 1.29 is 13.6 Å². The van der Waals surface area contributed by atoms with Crippen LogP contribution in [0.1, 0.15) is 33.6 Å². The van der Waals surface area contributed by atoms with E-state index < -0.39 is 28.5 Å². The fourth-order valence-electron chi connectivity index (χ4n) is 1.16. The lowest BCUT2D eigenvalue weighted by atomic mass is 10.0. The lowest BCUT2D eigenvalue weighted by molar-refractivity contribution is 0.107. The van der Waals surface area contributed by atoms with Crippen molar-refractivity contribution in [3.05, 3.63) is 28.6 Å². The van der Waals surface area contributed by atoms with E-state index in [1.165, 1.54) is 13.0 Å². The van der Waals surface area contributed by atoms with Crippen molar-refractivity contribution in [2.45, 2.75) is 13.3 Å². The molecule has 0 bridgehead atoms. The highest BCUT2D eigenvalue weighted by Gasteiger charge is 2.22. The molecule has 0 radical (unpaired) electrons. The quantitative estimate of drug-likeness (QED) is 0.734. The van der Waals surface area contributed by atoms with Crippen LogP contribution in [-0.4, -0.2) is 10.2 Å². The van der Waals surface area contributed by atoms with Gasteiger partial charge in [0.05, 0.1) is 5.56 Å². The summed E-state index contributed by atoms with van der Waals surface area (Å²) in [5, 5.41) is 7.67. The molecule has 1 rings (SSSR count). The Hall–Kier alpha value is -1.54. The predicted octanol–water partition coefficient (Wildman–Crippen LogP) is 2.58. The molecule has 1 aromatic heterocycles. The standard InChI is InChI=1S/C9H5ClF2N2O/c1-4-3-14-7(8(10)15)5(2-13)6(4)9(11)12/h3,9H,1H3. The van der Waals surface area contributed by atoms with Gasteiger partial charge in [-0.25, -0.2) is 8.78 Å². The van der Waals surface area contributed by atoms with Gasteiger partial charge in [-0.2, -0.15) is 5.26 Å². The number of nitrogens with zero attached hydrogens (tertiary/aromatic N) is 2. The third kappa shape index (κ3) is 2.10. The van der Waals surface area contributed by atoms with Gasteiger partial charge in [0, 0.05) is 11.8 Å². The normalized spacial score (nSPS) is 10.1. The van der Waals surface area contributed by atoms with E-state index >= 15 is 0 Å². The van der Waals surface area contributed by atoms with Crippen molar-refractivity contribution in [1.82, 2.24) is 4.98 Å². The van der Waals surface area contributed by atoms with Crippen molar-refractivity contribution in [2.75, 3.05) is 0 Å². The maximum atomic E-state index is 12.6. The van der Waals surface area contributed by atoms with E-state index in [2.05, 4.69) is 4.98 Å². The summed E-state index contributed by atoms with van der Waals surface area (Å²) in [7, 11) is 0. The van der Waals surface area contributed by atoms with E-state index in [0.717, 1.165) is 6.20 Å². The molecule has 6 heteroatoms. The number of aryl methyl sites for hydroxylation is 1. The van der Waals surface area contributed by atoms with Gasteiger partial charge in [-0.05, 0) is 24.1 Å². The third-order valence-electron chi connectivity index (χ3n) is 1.83. The predicted molar refractivity (Wildman–Crippen MR) is 48.8 cm³/mol. The van der Waals surface area contributed by atoms with Crippen LogP contribution in [0.4, 0.5) is 8.78 Å². The molecular formula is C9H5ClF2N2O. The molecule has 0 unspecified atom stereocenters. The van der Waals surface area contributed by atoms with Crippen LogP contribution in [0, 0.1) is 18.3 Å². The molecule has 0 aliphatic rings. The number of rotatable bonds is 2. The molecule has 78 valence electrons. The Bertz CT molecular complexity index is 454. The summed E-state index contributed by atoms with van der Waals surface area (Å²) < 4.78 is 25.2. The average Bonchev–Trinajstić information content (AvgIpc) is 2.15. The molecule has 0 saturated carbocycles. The molecule has 1 aromatic rings. The lowest BCUT2D eigenvalue weighted by Crippen LogP contribution is -2.05. The summed E-state index contributed by atoms with van der Waals surface area (Å²) in [5.41, 5.74) is -1.22. The number of halogens is 3. The number of hydrogen-bond donors (Lipinski definition) is 0. The molecule has 15 heavy (non-hydrogen) atoms. The van der Waals surface area contributed by atoms with Crippen LogP contribution >= 0.6 is 11.6 Å². The molecule has 0 amide bonds. The Morgan fingerprint density at radius 3 is 2.67 bits per heavy atom. The monoisotopic (exact) mass is 230 g/mol. The number of carbonyl (C=O) groups is 1. The Morgan fingerprint density at radius 1 is 1.67 bits per heavy atom. The van der Waals surface area contributed by atoms with Gasteiger partial charge in [0.15, 0.2) is 0 Å². The second-order valence-electron chi connectivity index (χ2n) is 2.76. The molecule has 0 spiro atoms. The van der Waals surface area contributed by atoms with Gasteiger partial charge in [-0.1, -0.05) is 0 Å². The fraction of sp³-hybridized carbons (Fsp3) is 0.222. The first kappa shape index (κ1) is 11.5. The molecule has 0 aliphatic heterocycles. The van der Waals surface area contributed by atoms with E-state index in [-0.39, 0.29) is 5.56 Å². The van der Waals surface area contributed by atoms with Crippen LogP contribution in [0.3, 0.4) is 0 Å². The highest BCUT2D eigenvalue weighted by atomic mass is 35.5. The van der Waals surface area contributed by atoms with Gasteiger partial charge >= 0.3 is 0 Å². The topological polar surface area (TPSA) is 53.8 Å². The number of carbonyl (C=O) groups excluding carboxylic acids is 1. The van der Waals surface area contributed by atoms with Crippen molar-refractivity contribution in [3.63, 3.8) is 0 Å².